The molecule has 3 rings (SSSR count). The molecule has 4 nitrogen and oxygen atoms in total. The molecule has 1 aromatic heterocycles. The zero-order valence-corrected chi connectivity index (χ0v) is 13.6. The lowest BCUT2D eigenvalue weighted by molar-refractivity contribution is -0.141. The quantitative estimate of drug-likeness (QED) is 0.764. The normalized spacial score (nSPS) is 16.7. The average Bonchev–Trinajstić information content (AvgIpc) is 2.59. The van der Waals surface area contributed by atoms with Crippen molar-refractivity contribution >= 4 is 0 Å². The van der Waals surface area contributed by atoms with Crippen molar-refractivity contribution in [3.05, 3.63) is 53.4 Å². The minimum atomic E-state index is -4.56. The molecule has 2 aromatic rings. The third-order valence-electron chi connectivity index (χ3n) is 4.17. The average molecular weight is 373 g/mol. The first kappa shape index (κ1) is 18.5. The highest BCUT2D eigenvalue weighted by molar-refractivity contribution is 5.19. The summed E-state index contributed by atoms with van der Waals surface area (Å²) in [4.78, 5) is 8.96. The standard InChI is InChI=1S/C17H16F5N3O/c18-13-2-1-3-14(19)12(13)10-25-8-5-11(6-9-25)26-16-23-7-4-15(24-16)17(20,21)22/h1-4,7,11H,5-6,8-10H2. The van der Waals surface area contributed by atoms with E-state index in [0.29, 0.717) is 25.9 Å². The molecule has 0 spiro atoms. The fourth-order valence-electron chi connectivity index (χ4n) is 2.80. The largest absolute Gasteiger partial charge is 0.460 e. The minimum Gasteiger partial charge on any atom is -0.460 e. The summed E-state index contributed by atoms with van der Waals surface area (Å²) < 4.78 is 70.8. The second-order valence-corrected chi connectivity index (χ2v) is 6.02. The molecule has 1 aliphatic heterocycles. The van der Waals surface area contributed by atoms with Gasteiger partial charge in [0.2, 0.25) is 0 Å². The van der Waals surface area contributed by atoms with Gasteiger partial charge in [0.25, 0.3) is 0 Å². The summed E-state index contributed by atoms with van der Waals surface area (Å²) in [6.07, 6.45) is -2.92. The van der Waals surface area contributed by atoms with Gasteiger partial charge in [-0.2, -0.15) is 18.2 Å². The first-order chi connectivity index (χ1) is 12.3. The highest BCUT2D eigenvalue weighted by atomic mass is 19.4. The van der Waals surface area contributed by atoms with E-state index < -0.39 is 23.5 Å². The fourth-order valence-corrected chi connectivity index (χ4v) is 2.80. The molecule has 1 fully saturated rings. The Labute approximate surface area is 146 Å². The van der Waals surface area contributed by atoms with Gasteiger partial charge in [0.1, 0.15) is 17.7 Å². The van der Waals surface area contributed by atoms with E-state index in [2.05, 4.69) is 9.97 Å². The predicted octanol–water partition coefficient (Wildman–Crippen LogP) is 3.82. The molecule has 1 aromatic carbocycles. The smallest absolute Gasteiger partial charge is 0.433 e. The molecule has 0 aliphatic carbocycles. The Balaban J connectivity index is 1.56. The summed E-state index contributed by atoms with van der Waals surface area (Å²) in [7, 11) is 0. The summed E-state index contributed by atoms with van der Waals surface area (Å²) in [6, 6.07) is 4.18. The molecule has 2 heterocycles. The number of halogens is 5. The van der Waals surface area contributed by atoms with Crippen molar-refractivity contribution in [3.8, 4) is 6.01 Å². The molecule has 26 heavy (non-hydrogen) atoms. The van der Waals surface area contributed by atoms with Gasteiger partial charge >= 0.3 is 12.2 Å². The second kappa shape index (κ2) is 7.53. The lowest BCUT2D eigenvalue weighted by Crippen LogP contribution is -2.38. The second-order valence-electron chi connectivity index (χ2n) is 6.02. The first-order valence-electron chi connectivity index (χ1n) is 8.05. The van der Waals surface area contributed by atoms with Crippen molar-refractivity contribution in [2.45, 2.75) is 31.7 Å². The third kappa shape index (κ3) is 4.46. The van der Waals surface area contributed by atoms with Crippen LogP contribution >= 0.6 is 0 Å². The van der Waals surface area contributed by atoms with E-state index in [0.717, 1.165) is 12.3 Å². The van der Waals surface area contributed by atoms with E-state index >= 15 is 0 Å². The van der Waals surface area contributed by atoms with Crippen molar-refractivity contribution in [1.29, 1.82) is 0 Å². The van der Waals surface area contributed by atoms with Crippen LogP contribution in [-0.2, 0) is 12.7 Å². The number of nitrogens with zero attached hydrogens (tertiary/aromatic N) is 3. The fraction of sp³-hybridized carbons (Fsp3) is 0.412. The summed E-state index contributed by atoms with van der Waals surface area (Å²) >= 11 is 0. The Hall–Kier alpha value is -2.29. The Morgan fingerprint density at radius 3 is 2.35 bits per heavy atom. The van der Waals surface area contributed by atoms with Gasteiger partial charge < -0.3 is 4.74 Å². The maximum atomic E-state index is 13.7. The highest BCUT2D eigenvalue weighted by Crippen LogP contribution is 2.28. The minimum absolute atomic E-state index is 0.00748. The van der Waals surface area contributed by atoms with E-state index in [1.165, 1.54) is 18.2 Å². The highest BCUT2D eigenvalue weighted by Gasteiger charge is 2.33. The number of piperidine rings is 1. The zero-order valence-electron chi connectivity index (χ0n) is 13.6. The maximum Gasteiger partial charge on any atom is 0.433 e. The number of benzene rings is 1. The van der Waals surface area contributed by atoms with Crippen molar-refractivity contribution in [2.75, 3.05) is 13.1 Å². The van der Waals surface area contributed by atoms with Crippen LogP contribution in [0.4, 0.5) is 22.0 Å². The first-order valence-corrected chi connectivity index (χ1v) is 8.05. The molecule has 0 bridgehead atoms. The van der Waals surface area contributed by atoms with Gasteiger partial charge in [-0.25, -0.2) is 13.8 Å². The molecule has 0 N–H and O–H groups in total. The topological polar surface area (TPSA) is 38.2 Å². The Morgan fingerprint density at radius 2 is 1.73 bits per heavy atom. The summed E-state index contributed by atoms with van der Waals surface area (Å²) in [5.41, 5.74) is -1.05. The third-order valence-corrected chi connectivity index (χ3v) is 4.17. The van der Waals surface area contributed by atoms with Crippen LogP contribution in [0.5, 0.6) is 6.01 Å². The number of aromatic nitrogens is 2. The number of ether oxygens (including phenoxy) is 1. The maximum absolute atomic E-state index is 13.7. The van der Waals surface area contributed by atoms with Gasteiger partial charge in [0.15, 0.2) is 5.69 Å². The molecule has 0 radical (unpaired) electrons. The van der Waals surface area contributed by atoms with Crippen molar-refractivity contribution in [2.24, 2.45) is 0 Å². The number of rotatable bonds is 4. The van der Waals surface area contributed by atoms with Gasteiger partial charge in [-0.1, -0.05) is 6.07 Å². The van der Waals surface area contributed by atoms with Crippen LogP contribution in [0.2, 0.25) is 0 Å². The number of alkyl halides is 3. The lowest BCUT2D eigenvalue weighted by atomic mass is 10.1. The summed E-state index contributed by atoms with van der Waals surface area (Å²) in [5, 5.41) is 0. The summed E-state index contributed by atoms with van der Waals surface area (Å²) in [6.45, 7) is 1.13. The monoisotopic (exact) mass is 373 g/mol. The Kier molecular flexibility index (Phi) is 5.36. The van der Waals surface area contributed by atoms with Crippen LogP contribution in [0.15, 0.2) is 30.5 Å². The van der Waals surface area contributed by atoms with E-state index in [1.54, 1.807) is 0 Å². The van der Waals surface area contributed by atoms with Crippen LogP contribution in [0, 0.1) is 11.6 Å². The van der Waals surface area contributed by atoms with Gasteiger partial charge in [-0.05, 0) is 31.0 Å². The molecule has 0 unspecified atom stereocenters. The van der Waals surface area contributed by atoms with Crippen LogP contribution in [0.3, 0.4) is 0 Å². The van der Waals surface area contributed by atoms with Crippen LogP contribution in [0.1, 0.15) is 24.1 Å². The Bertz CT molecular complexity index is 740. The molecule has 0 amide bonds. The SMILES string of the molecule is Fc1cccc(F)c1CN1CCC(Oc2nccc(C(F)(F)F)n2)CC1. The van der Waals surface area contributed by atoms with Gasteiger partial charge in [0.05, 0.1) is 0 Å². The molecule has 0 saturated carbocycles. The predicted molar refractivity (Wildman–Crippen MR) is 82.3 cm³/mol. The molecule has 140 valence electrons. The van der Waals surface area contributed by atoms with Crippen molar-refractivity contribution in [3.63, 3.8) is 0 Å². The van der Waals surface area contributed by atoms with Crippen LogP contribution in [0.25, 0.3) is 0 Å². The molecular formula is C17H16F5N3O. The van der Waals surface area contributed by atoms with E-state index in [4.69, 9.17) is 4.74 Å². The molecule has 1 aliphatic rings. The van der Waals surface area contributed by atoms with Crippen LogP contribution in [-0.4, -0.2) is 34.1 Å². The van der Waals surface area contributed by atoms with Crippen LogP contribution < -0.4 is 4.74 Å². The number of hydrogen-bond donors (Lipinski definition) is 0. The van der Waals surface area contributed by atoms with Crippen molar-refractivity contribution in [1.82, 2.24) is 14.9 Å². The number of hydrogen-bond acceptors (Lipinski definition) is 4. The van der Waals surface area contributed by atoms with Gasteiger partial charge in [0, 0.05) is 31.4 Å². The van der Waals surface area contributed by atoms with E-state index in [1.807, 2.05) is 4.90 Å². The number of likely N-dealkylation sites (tertiary alicyclic amines) is 1. The zero-order chi connectivity index (χ0) is 18.7. The molecule has 9 heteroatoms. The lowest BCUT2D eigenvalue weighted by Gasteiger charge is -2.31. The summed E-state index contributed by atoms with van der Waals surface area (Å²) in [5.74, 6) is -1.19. The van der Waals surface area contributed by atoms with E-state index in [9.17, 15) is 22.0 Å². The van der Waals surface area contributed by atoms with Gasteiger partial charge in [-0.3, -0.25) is 4.90 Å². The van der Waals surface area contributed by atoms with E-state index in [-0.39, 0.29) is 24.2 Å². The molecule has 1 saturated heterocycles. The van der Waals surface area contributed by atoms with Gasteiger partial charge in [-0.15, -0.1) is 0 Å². The van der Waals surface area contributed by atoms with Crippen molar-refractivity contribution < 1.29 is 26.7 Å². The molecule has 0 atom stereocenters. The molecular weight excluding hydrogens is 357 g/mol. The Morgan fingerprint density at radius 1 is 1.08 bits per heavy atom.